The van der Waals surface area contributed by atoms with E-state index in [1.165, 1.54) is 0 Å². The number of fused-ring (bicyclic) bond motifs is 1. The highest BCUT2D eigenvalue weighted by atomic mass is 127. The van der Waals surface area contributed by atoms with Crippen molar-refractivity contribution in [1.29, 1.82) is 0 Å². The molecular formula is C22H30IN5O3S. The summed E-state index contributed by atoms with van der Waals surface area (Å²) in [5.74, 6) is 0.573. The highest BCUT2D eigenvalue weighted by Crippen LogP contribution is 2.31. The van der Waals surface area contributed by atoms with Crippen molar-refractivity contribution >= 4 is 51.6 Å². The summed E-state index contributed by atoms with van der Waals surface area (Å²) in [5, 5.41) is 9.19. The van der Waals surface area contributed by atoms with Crippen LogP contribution in [0.1, 0.15) is 30.4 Å². The summed E-state index contributed by atoms with van der Waals surface area (Å²) >= 11 is 0. The first kappa shape index (κ1) is 26.1. The van der Waals surface area contributed by atoms with Gasteiger partial charge in [-0.05, 0) is 37.6 Å². The zero-order chi connectivity index (χ0) is 22.3. The quantitative estimate of drug-likeness (QED) is 0.169. The van der Waals surface area contributed by atoms with Gasteiger partial charge < -0.3 is 16.0 Å². The highest BCUT2D eigenvalue weighted by Gasteiger charge is 2.24. The van der Waals surface area contributed by atoms with Crippen LogP contribution in [-0.2, 0) is 14.8 Å². The molecular weight excluding hydrogens is 541 g/mol. The van der Waals surface area contributed by atoms with Crippen molar-refractivity contribution in [2.75, 3.05) is 31.5 Å². The van der Waals surface area contributed by atoms with Gasteiger partial charge in [0.15, 0.2) is 5.96 Å². The van der Waals surface area contributed by atoms with E-state index in [0.717, 1.165) is 16.8 Å². The van der Waals surface area contributed by atoms with Crippen LogP contribution >= 0.6 is 24.0 Å². The van der Waals surface area contributed by atoms with Crippen LogP contribution in [0.5, 0.6) is 0 Å². The Morgan fingerprint density at radius 3 is 2.53 bits per heavy atom. The SMILES string of the molecule is CCNC(=NCC1CC(=O)Nc2ccccc21)NCCNS(=O)(=O)c1ccc(C)cc1.I. The molecule has 0 saturated heterocycles. The molecule has 1 amide bonds. The molecule has 0 aliphatic carbocycles. The van der Waals surface area contributed by atoms with Crippen LogP contribution in [0.25, 0.3) is 0 Å². The second-order valence-corrected chi connectivity index (χ2v) is 9.16. The number of halogens is 1. The molecule has 0 fully saturated rings. The minimum atomic E-state index is -3.55. The van der Waals surface area contributed by atoms with Gasteiger partial charge in [0, 0.05) is 37.7 Å². The standard InChI is InChI=1S/C22H29N5O3S.HI/c1-3-23-22(24-12-13-26-31(29,30)18-10-8-16(2)9-11-18)25-15-17-14-21(28)27-20-7-5-4-6-19(17)20;/h4-11,17,26H,3,12-15H2,1-2H3,(H,27,28)(H2,23,24,25);1H. The fourth-order valence-electron chi connectivity index (χ4n) is 3.38. The van der Waals surface area contributed by atoms with E-state index in [1.807, 2.05) is 38.1 Å². The number of hydrogen-bond acceptors (Lipinski definition) is 4. The highest BCUT2D eigenvalue weighted by molar-refractivity contribution is 14.0. The lowest BCUT2D eigenvalue weighted by atomic mass is 9.91. The van der Waals surface area contributed by atoms with E-state index < -0.39 is 10.0 Å². The van der Waals surface area contributed by atoms with Crippen LogP contribution in [-0.4, -0.2) is 46.5 Å². The van der Waals surface area contributed by atoms with Gasteiger partial charge in [-0.2, -0.15) is 0 Å². The Hall–Kier alpha value is -2.18. The lowest BCUT2D eigenvalue weighted by molar-refractivity contribution is -0.116. The Morgan fingerprint density at radius 2 is 1.81 bits per heavy atom. The van der Waals surface area contributed by atoms with Gasteiger partial charge in [-0.1, -0.05) is 35.9 Å². The van der Waals surface area contributed by atoms with Gasteiger partial charge in [0.25, 0.3) is 0 Å². The second-order valence-electron chi connectivity index (χ2n) is 7.39. The lowest BCUT2D eigenvalue weighted by Gasteiger charge is -2.24. The molecule has 2 aromatic rings. The summed E-state index contributed by atoms with van der Waals surface area (Å²) in [6.45, 7) is 5.58. The summed E-state index contributed by atoms with van der Waals surface area (Å²) in [6, 6.07) is 14.5. The molecule has 0 bridgehead atoms. The van der Waals surface area contributed by atoms with Gasteiger partial charge in [0.05, 0.1) is 11.4 Å². The third-order valence-electron chi connectivity index (χ3n) is 4.96. The van der Waals surface area contributed by atoms with E-state index in [0.29, 0.717) is 32.0 Å². The van der Waals surface area contributed by atoms with Crippen LogP contribution in [0.15, 0.2) is 58.4 Å². The van der Waals surface area contributed by atoms with E-state index in [1.54, 1.807) is 24.3 Å². The maximum atomic E-state index is 12.4. The third kappa shape index (κ3) is 7.17. The zero-order valence-corrected chi connectivity index (χ0v) is 21.4. The van der Waals surface area contributed by atoms with E-state index in [-0.39, 0.29) is 47.2 Å². The first-order chi connectivity index (χ1) is 14.9. The van der Waals surface area contributed by atoms with Gasteiger partial charge in [0.2, 0.25) is 15.9 Å². The molecule has 3 rings (SSSR count). The number of guanidine groups is 1. The maximum Gasteiger partial charge on any atom is 0.240 e. The van der Waals surface area contributed by atoms with E-state index in [2.05, 4.69) is 25.7 Å². The van der Waals surface area contributed by atoms with Crippen LogP contribution < -0.4 is 20.7 Å². The largest absolute Gasteiger partial charge is 0.357 e. The normalized spacial score (nSPS) is 15.9. The molecule has 0 spiro atoms. The van der Waals surface area contributed by atoms with E-state index in [4.69, 9.17) is 0 Å². The van der Waals surface area contributed by atoms with Crippen molar-refractivity contribution in [3.05, 3.63) is 59.7 Å². The Kier molecular flexibility index (Phi) is 9.91. The van der Waals surface area contributed by atoms with Gasteiger partial charge in [-0.3, -0.25) is 9.79 Å². The number of nitrogens with zero attached hydrogens (tertiary/aromatic N) is 1. The van der Waals surface area contributed by atoms with Crippen LogP contribution in [0, 0.1) is 6.92 Å². The van der Waals surface area contributed by atoms with E-state index >= 15 is 0 Å². The molecule has 2 aromatic carbocycles. The maximum absolute atomic E-state index is 12.4. The first-order valence-electron chi connectivity index (χ1n) is 10.4. The van der Waals surface area contributed by atoms with Crippen LogP contribution in [0.3, 0.4) is 0 Å². The summed E-state index contributed by atoms with van der Waals surface area (Å²) in [7, 11) is -3.55. The number of sulfonamides is 1. The summed E-state index contributed by atoms with van der Waals surface area (Å²) < 4.78 is 27.3. The van der Waals surface area contributed by atoms with Crippen molar-refractivity contribution in [3.63, 3.8) is 0 Å². The zero-order valence-electron chi connectivity index (χ0n) is 18.2. The molecule has 174 valence electrons. The number of nitrogens with one attached hydrogen (secondary N) is 4. The average Bonchev–Trinajstić information content (AvgIpc) is 2.75. The molecule has 8 nitrogen and oxygen atoms in total. The molecule has 1 unspecified atom stereocenters. The lowest BCUT2D eigenvalue weighted by Crippen LogP contribution is -2.41. The predicted molar refractivity (Wildman–Crippen MR) is 138 cm³/mol. The van der Waals surface area contributed by atoms with Crippen LogP contribution in [0.2, 0.25) is 0 Å². The number of para-hydroxylation sites is 1. The number of hydrogen-bond donors (Lipinski definition) is 4. The molecule has 0 radical (unpaired) electrons. The molecule has 0 aromatic heterocycles. The van der Waals surface area contributed by atoms with E-state index in [9.17, 15) is 13.2 Å². The molecule has 1 aliphatic heterocycles. The number of anilines is 1. The third-order valence-corrected chi connectivity index (χ3v) is 6.44. The molecule has 0 saturated carbocycles. The number of aliphatic imine (C=N–C) groups is 1. The Morgan fingerprint density at radius 1 is 1.09 bits per heavy atom. The second kappa shape index (κ2) is 12.2. The number of benzene rings is 2. The average molecular weight is 571 g/mol. The van der Waals surface area contributed by atoms with Crippen molar-refractivity contribution in [3.8, 4) is 0 Å². The fourth-order valence-corrected chi connectivity index (χ4v) is 4.41. The minimum Gasteiger partial charge on any atom is -0.357 e. The summed E-state index contributed by atoms with van der Waals surface area (Å²) in [5.41, 5.74) is 2.92. The van der Waals surface area contributed by atoms with Crippen molar-refractivity contribution < 1.29 is 13.2 Å². The molecule has 10 heteroatoms. The number of carbonyl (C=O) groups is 1. The van der Waals surface area contributed by atoms with Crippen LogP contribution in [0.4, 0.5) is 5.69 Å². The molecule has 4 N–H and O–H groups in total. The Labute approximate surface area is 206 Å². The number of amides is 1. The molecule has 1 heterocycles. The first-order valence-corrected chi connectivity index (χ1v) is 11.8. The monoisotopic (exact) mass is 571 g/mol. The summed E-state index contributed by atoms with van der Waals surface area (Å²) in [6.07, 6.45) is 0.385. The molecule has 1 aliphatic rings. The predicted octanol–water partition coefficient (Wildman–Crippen LogP) is 2.57. The summed E-state index contributed by atoms with van der Waals surface area (Å²) in [4.78, 5) is 16.8. The van der Waals surface area contributed by atoms with Crippen molar-refractivity contribution in [2.24, 2.45) is 4.99 Å². The van der Waals surface area contributed by atoms with Gasteiger partial charge in [-0.25, -0.2) is 13.1 Å². The minimum absolute atomic E-state index is 0. The smallest absolute Gasteiger partial charge is 0.240 e. The van der Waals surface area contributed by atoms with Crippen molar-refractivity contribution in [1.82, 2.24) is 15.4 Å². The Balaban J connectivity index is 0.00000363. The number of carbonyl (C=O) groups excluding carboxylic acids is 1. The van der Waals surface area contributed by atoms with Crippen molar-refractivity contribution in [2.45, 2.75) is 31.1 Å². The fraction of sp³-hybridized carbons (Fsp3) is 0.364. The topological polar surface area (TPSA) is 112 Å². The number of rotatable bonds is 8. The van der Waals surface area contributed by atoms with Gasteiger partial charge in [-0.15, -0.1) is 24.0 Å². The molecule has 32 heavy (non-hydrogen) atoms. The number of aryl methyl sites for hydroxylation is 1. The Bertz CT molecular complexity index is 1040. The molecule has 1 atom stereocenters. The van der Waals surface area contributed by atoms with Gasteiger partial charge in [0.1, 0.15) is 0 Å². The van der Waals surface area contributed by atoms with Gasteiger partial charge >= 0.3 is 0 Å².